The average molecular weight is 339 g/mol. The summed E-state index contributed by atoms with van der Waals surface area (Å²) < 4.78 is 5.02. The normalized spacial score (nSPS) is 15.4. The van der Waals surface area contributed by atoms with Crippen molar-refractivity contribution in [2.45, 2.75) is 19.8 Å². The number of Topliss-reactive ketones (excluding diaryl/α,β-unsaturated/α-hetero) is 1. The molecule has 0 bridgehead atoms. The van der Waals surface area contributed by atoms with Crippen LogP contribution in [0.3, 0.4) is 0 Å². The predicted octanol–water partition coefficient (Wildman–Crippen LogP) is 2.80. The standard InChI is InChI=1S/C19H17NO5/c1-10-3-6-16(21)14(7-10)19(24)25-9-17(22)12-4-5-15-13(8-12)11(2)18(23)20-15/h3-8,11,21H,9H2,1-2H3,(H,20,23)/t11-/m0/s1. The molecule has 0 fully saturated rings. The number of hydrogen-bond acceptors (Lipinski definition) is 5. The van der Waals surface area contributed by atoms with Crippen LogP contribution in [-0.4, -0.2) is 29.4 Å². The van der Waals surface area contributed by atoms with Crippen molar-refractivity contribution in [3.63, 3.8) is 0 Å². The van der Waals surface area contributed by atoms with Gasteiger partial charge < -0.3 is 15.2 Å². The van der Waals surface area contributed by atoms with Gasteiger partial charge in [0.15, 0.2) is 12.4 Å². The van der Waals surface area contributed by atoms with E-state index >= 15 is 0 Å². The van der Waals surface area contributed by atoms with Gasteiger partial charge in [0, 0.05) is 11.3 Å². The third kappa shape index (κ3) is 3.24. The van der Waals surface area contributed by atoms with Crippen molar-refractivity contribution in [3.8, 4) is 5.75 Å². The van der Waals surface area contributed by atoms with E-state index in [1.807, 2.05) is 0 Å². The molecule has 0 radical (unpaired) electrons. The van der Waals surface area contributed by atoms with Crippen molar-refractivity contribution in [3.05, 3.63) is 58.7 Å². The van der Waals surface area contributed by atoms with Crippen molar-refractivity contribution in [2.75, 3.05) is 11.9 Å². The van der Waals surface area contributed by atoms with Crippen LogP contribution >= 0.6 is 0 Å². The Bertz CT molecular complexity index is 887. The average Bonchev–Trinajstić information content (AvgIpc) is 2.88. The van der Waals surface area contributed by atoms with E-state index in [1.54, 1.807) is 38.1 Å². The molecule has 0 saturated carbocycles. The van der Waals surface area contributed by atoms with Crippen LogP contribution in [0.1, 0.15) is 44.7 Å². The van der Waals surface area contributed by atoms with E-state index in [2.05, 4.69) is 5.32 Å². The van der Waals surface area contributed by atoms with E-state index in [-0.39, 0.29) is 28.9 Å². The minimum absolute atomic E-state index is 0.0187. The molecular formula is C19H17NO5. The second kappa shape index (κ2) is 6.39. The first kappa shape index (κ1) is 16.7. The molecule has 2 aromatic rings. The zero-order valence-corrected chi connectivity index (χ0v) is 13.8. The topological polar surface area (TPSA) is 92.7 Å². The minimum Gasteiger partial charge on any atom is -0.507 e. The predicted molar refractivity (Wildman–Crippen MR) is 90.9 cm³/mol. The molecule has 2 N–H and O–H groups in total. The third-order valence-corrected chi connectivity index (χ3v) is 4.20. The Kier molecular flexibility index (Phi) is 4.27. The first-order valence-electron chi connectivity index (χ1n) is 7.81. The fourth-order valence-electron chi connectivity index (χ4n) is 2.70. The number of aryl methyl sites for hydroxylation is 1. The number of nitrogens with one attached hydrogen (secondary N) is 1. The van der Waals surface area contributed by atoms with E-state index in [4.69, 9.17) is 4.74 Å². The number of esters is 1. The van der Waals surface area contributed by atoms with Gasteiger partial charge in [-0.2, -0.15) is 0 Å². The molecule has 1 amide bonds. The number of ether oxygens (including phenoxy) is 1. The van der Waals surface area contributed by atoms with Crippen LogP contribution < -0.4 is 5.32 Å². The molecule has 128 valence electrons. The lowest BCUT2D eigenvalue weighted by molar-refractivity contribution is -0.116. The fourth-order valence-corrected chi connectivity index (χ4v) is 2.70. The van der Waals surface area contributed by atoms with Crippen molar-refractivity contribution < 1.29 is 24.2 Å². The second-order valence-electron chi connectivity index (χ2n) is 6.03. The van der Waals surface area contributed by atoms with Gasteiger partial charge in [0.2, 0.25) is 5.91 Å². The number of phenols is 1. The number of benzene rings is 2. The van der Waals surface area contributed by atoms with E-state index in [1.165, 1.54) is 12.1 Å². The summed E-state index contributed by atoms with van der Waals surface area (Å²) in [7, 11) is 0. The van der Waals surface area contributed by atoms with Gasteiger partial charge in [0.25, 0.3) is 0 Å². The van der Waals surface area contributed by atoms with Crippen LogP contribution in [0.15, 0.2) is 36.4 Å². The first-order chi connectivity index (χ1) is 11.9. The summed E-state index contributed by atoms with van der Waals surface area (Å²) in [5.74, 6) is -1.77. The number of ketones is 1. The molecule has 0 spiro atoms. The molecule has 25 heavy (non-hydrogen) atoms. The Morgan fingerprint density at radius 2 is 1.96 bits per heavy atom. The van der Waals surface area contributed by atoms with Gasteiger partial charge in [0.1, 0.15) is 11.3 Å². The highest BCUT2D eigenvalue weighted by molar-refractivity contribution is 6.05. The van der Waals surface area contributed by atoms with E-state index < -0.39 is 12.6 Å². The summed E-state index contributed by atoms with van der Waals surface area (Å²) in [5, 5.41) is 12.5. The SMILES string of the molecule is Cc1ccc(O)c(C(=O)OCC(=O)c2ccc3c(c2)[C@H](C)C(=O)N3)c1. The monoisotopic (exact) mass is 339 g/mol. The second-order valence-corrected chi connectivity index (χ2v) is 6.03. The molecule has 0 aromatic heterocycles. The smallest absolute Gasteiger partial charge is 0.342 e. The molecule has 1 heterocycles. The molecule has 3 rings (SSSR count). The van der Waals surface area contributed by atoms with Crippen LogP contribution in [-0.2, 0) is 9.53 Å². The molecular weight excluding hydrogens is 322 g/mol. The van der Waals surface area contributed by atoms with Crippen molar-refractivity contribution in [2.24, 2.45) is 0 Å². The Morgan fingerprint density at radius 3 is 2.72 bits per heavy atom. The number of anilines is 1. The Labute approximate surface area is 144 Å². The number of rotatable bonds is 4. The maximum Gasteiger partial charge on any atom is 0.342 e. The molecule has 2 aromatic carbocycles. The lowest BCUT2D eigenvalue weighted by atomic mass is 9.99. The van der Waals surface area contributed by atoms with Gasteiger partial charge in [-0.1, -0.05) is 11.6 Å². The highest BCUT2D eigenvalue weighted by atomic mass is 16.5. The highest BCUT2D eigenvalue weighted by Gasteiger charge is 2.27. The molecule has 0 unspecified atom stereocenters. The van der Waals surface area contributed by atoms with E-state index in [9.17, 15) is 19.5 Å². The van der Waals surface area contributed by atoms with Crippen LogP contribution in [0.5, 0.6) is 5.75 Å². The number of carbonyl (C=O) groups is 3. The zero-order valence-electron chi connectivity index (χ0n) is 13.8. The van der Waals surface area contributed by atoms with Gasteiger partial charge in [-0.25, -0.2) is 4.79 Å². The summed E-state index contributed by atoms with van der Waals surface area (Å²) in [6.07, 6.45) is 0. The van der Waals surface area contributed by atoms with Crippen molar-refractivity contribution in [1.82, 2.24) is 0 Å². The summed E-state index contributed by atoms with van der Waals surface area (Å²) in [6.45, 7) is 3.10. The summed E-state index contributed by atoms with van der Waals surface area (Å²) in [6, 6.07) is 9.45. The van der Waals surface area contributed by atoms with Crippen LogP contribution in [0.25, 0.3) is 0 Å². The van der Waals surface area contributed by atoms with Gasteiger partial charge in [-0.15, -0.1) is 0 Å². The molecule has 1 aliphatic heterocycles. The van der Waals surface area contributed by atoms with Gasteiger partial charge in [-0.05, 0) is 49.7 Å². The summed E-state index contributed by atoms with van der Waals surface area (Å²) in [4.78, 5) is 36.0. The molecule has 0 saturated heterocycles. The number of fused-ring (bicyclic) bond motifs is 1. The Balaban J connectivity index is 1.70. The maximum atomic E-state index is 12.3. The lowest BCUT2D eigenvalue weighted by Gasteiger charge is -2.08. The molecule has 6 nitrogen and oxygen atoms in total. The van der Waals surface area contributed by atoms with E-state index in [0.29, 0.717) is 11.3 Å². The lowest BCUT2D eigenvalue weighted by Crippen LogP contribution is -2.14. The summed E-state index contributed by atoms with van der Waals surface area (Å²) >= 11 is 0. The number of carbonyl (C=O) groups excluding carboxylic acids is 3. The van der Waals surface area contributed by atoms with Crippen LogP contribution in [0.2, 0.25) is 0 Å². The van der Waals surface area contributed by atoms with Gasteiger partial charge >= 0.3 is 5.97 Å². The maximum absolute atomic E-state index is 12.3. The summed E-state index contributed by atoms with van der Waals surface area (Å²) in [5.41, 5.74) is 2.61. The zero-order chi connectivity index (χ0) is 18.1. The Hall–Kier alpha value is -3.15. The quantitative estimate of drug-likeness (QED) is 0.660. The highest BCUT2D eigenvalue weighted by Crippen LogP contribution is 2.32. The van der Waals surface area contributed by atoms with Crippen molar-refractivity contribution >= 4 is 23.3 Å². The third-order valence-electron chi connectivity index (χ3n) is 4.20. The molecule has 1 aliphatic rings. The number of hydrogen-bond donors (Lipinski definition) is 2. The Morgan fingerprint density at radius 1 is 1.20 bits per heavy atom. The van der Waals surface area contributed by atoms with Crippen LogP contribution in [0.4, 0.5) is 5.69 Å². The van der Waals surface area contributed by atoms with E-state index in [0.717, 1.165) is 11.1 Å². The first-order valence-corrected chi connectivity index (χ1v) is 7.81. The fraction of sp³-hybridized carbons (Fsp3) is 0.211. The van der Waals surface area contributed by atoms with Gasteiger partial charge in [-0.3, -0.25) is 9.59 Å². The molecule has 0 aliphatic carbocycles. The van der Waals surface area contributed by atoms with Crippen molar-refractivity contribution in [1.29, 1.82) is 0 Å². The van der Waals surface area contributed by atoms with Gasteiger partial charge in [0.05, 0.1) is 5.92 Å². The molecule has 6 heteroatoms. The molecule has 1 atom stereocenters. The number of aromatic hydroxyl groups is 1. The largest absolute Gasteiger partial charge is 0.507 e. The minimum atomic E-state index is -0.763. The number of amides is 1. The van der Waals surface area contributed by atoms with Crippen LogP contribution in [0, 0.1) is 6.92 Å². The number of phenolic OH excluding ortho intramolecular Hbond substituents is 1.